The van der Waals surface area contributed by atoms with Crippen LogP contribution in [-0.2, 0) is 4.79 Å². The summed E-state index contributed by atoms with van der Waals surface area (Å²) in [5.74, 6) is 1.27. The van der Waals surface area contributed by atoms with Crippen molar-refractivity contribution in [3.8, 4) is 0 Å². The number of anilines is 3. The summed E-state index contributed by atoms with van der Waals surface area (Å²) in [5, 5.41) is 21.8. The van der Waals surface area contributed by atoms with Crippen molar-refractivity contribution in [1.29, 1.82) is 0 Å². The highest BCUT2D eigenvalue weighted by atomic mass is 32.2. The molecule has 3 heterocycles. The second-order valence-corrected chi connectivity index (χ2v) is 9.37. The van der Waals surface area contributed by atoms with Crippen molar-refractivity contribution in [2.24, 2.45) is 0 Å². The standard InChI is InChI=1S/C26H26N8OS/c1-17-15-23(32-31-17)29-25-22-9-6-14-34(22)33-26(30-25)36-21-12-10-20(11-13-21)28-24(35)16-27-18(2)19-7-4-3-5-8-19/h3-15,18,27H,16H2,1-2H3,(H,28,35)(H2,29,30,31,32,33)/t18-/m0/s1. The number of rotatable bonds is 9. The number of aromatic nitrogens is 5. The van der Waals surface area contributed by atoms with Gasteiger partial charge in [0.15, 0.2) is 11.6 Å². The van der Waals surface area contributed by atoms with Crippen LogP contribution in [0.2, 0.25) is 0 Å². The van der Waals surface area contributed by atoms with Crippen molar-refractivity contribution in [2.45, 2.75) is 29.9 Å². The SMILES string of the molecule is Cc1cc(Nc2nc(Sc3ccc(NC(=O)CN[C@@H](C)c4ccccc4)cc3)nn3cccc23)n[nH]1. The number of hydrogen-bond acceptors (Lipinski definition) is 7. The normalized spacial score (nSPS) is 11.9. The van der Waals surface area contributed by atoms with Gasteiger partial charge in [-0.3, -0.25) is 9.89 Å². The van der Waals surface area contributed by atoms with E-state index in [0.717, 1.165) is 27.4 Å². The monoisotopic (exact) mass is 498 g/mol. The van der Waals surface area contributed by atoms with E-state index in [1.165, 1.54) is 11.8 Å². The molecule has 2 aromatic carbocycles. The maximum absolute atomic E-state index is 12.4. The van der Waals surface area contributed by atoms with E-state index in [0.29, 0.717) is 16.8 Å². The van der Waals surface area contributed by atoms with Gasteiger partial charge in [-0.25, -0.2) is 9.50 Å². The number of fused-ring (bicyclic) bond motifs is 1. The van der Waals surface area contributed by atoms with E-state index in [1.54, 1.807) is 4.52 Å². The summed E-state index contributed by atoms with van der Waals surface area (Å²) in [6.07, 6.45) is 1.88. The number of carbonyl (C=O) groups is 1. The molecule has 0 bridgehead atoms. The number of aryl methyl sites for hydroxylation is 1. The van der Waals surface area contributed by atoms with E-state index in [9.17, 15) is 4.79 Å². The molecule has 3 aromatic heterocycles. The largest absolute Gasteiger partial charge is 0.325 e. The van der Waals surface area contributed by atoms with E-state index in [4.69, 9.17) is 4.98 Å². The zero-order chi connectivity index (χ0) is 24.9. The predicted octanol–water partition coefficient (Wildman–Crippen LogP) is 4.94. The molecular formula is C26H26N8OS. The second-order valence-electron chi connectivity index (χ2n) is 8.33. The van der Waals surface area contributed by atoms with Crippen LogP contribution in [0.5, 0.6) is 0 Å². The molecule has 0 aliphatic carbocycles. The Hall–Kier alpha value is -4.15. The van der Waals surface area contributed by atoms with Gasteiger partial charge in [-0.1, -0.05) is 30.3 Å². The molecule has 182 valence electrons. The lowest BCUT2D eigenvalue weighted by atomic mass is 10.1. The number of hydrogen-bond donors (Lipinski definition) is 4. The summed E-state index contributed by atoms with van der Waals surface area (Å²) in [7, 11) is 0. The number of nitrogens with one attached hydrogen (secondary N) is 4. The minimum absolute atomic E-state index is 0.0878. The Balaban J connectivity index is 1.21. The van der Waals surface area contributed by atoms with Crippen LogP contribution < -0.4 is 16.0 Å². The number of H-pyrrole nitrogens is 1. The lowest BCUT2D eigenvalue weighted by molar-refractivity contribution is -0.115. The fraction of sp³-hybridized carbons (Fsp3) is 0.154. The molecule has 0 saturated carbocycles. The number of aromatic amines is 1. The van der Waals surface area contributed by atoms with Gasteiger partial charge in [-0.2, -0.15) is 5.10 Å². The van der Waals surface area contributed by atoms with Gasteiger partial charge in [-0.15, -0.1) is 5.10 Å². The van der Waals surface area contributed by atoms with Crippen molar-refractivity contribution in [3.63, 3.8) is 0 Å². The third-order valence-corrected chi connectivity index (χ3v) is 6.40. The lowest BCUT2D eigenvalue weighted by Gasteiger charge is -2.14. The lowest BCUT2D eigenvalue weighted by Crippen LogP contribution is -2.30. The highest BCUT2D eigenvalue weighted by Gasteiger charge is 2.12. The molecule has 0 radical (unpaired) electrons. The third kappa shape index (κ3) is 5.73. The first-order chi connectivity index (χ1) is 17.5. The van der Waals surface area contributed by atoms with Crippen molar-refractivity contribution < 1.29 is 4.79 Å². The van der Waals surface area contributed by atoms with E-state index in [2.05, 4.69) is 31.2 Å². The first-order valence-electron chi connectivity index (χ1n) is 11.5. The molecule has 1 atom stereocenters. The predicted molar refractivity (Wildman–Crippen MR) is 142 cm³/mol. The third-order valence-electron chi connectivity index (χ3n) is 5.54. The molecule has 0 spiro atoms. The van der Waals surface area contributed by atoms with Crippen LogP contribution in [0.3, 0.4) is 0 Å². The van der Waals surface area contributed by atoms with Gasteiger partial charge in [0.2, 0.25) is 11.1 Å². The number of benzene rings is 2. The van der Waals surface area contributed by atoms with Crippen molar-refractivity contribution >= 4 is 40.5 Å². The fourth-order valence-corrected chi connectivity index (χ4v) is 4.42. The molecule has 9 nitrogen and oxygen atoms in total. The van der Waals surface area contributed by atoms with Gasteiger partial charge in [0.1, 0.15) is 5.52 Å². The molecule has 0 aliphatic heterocycles. The molecule has 0 fully saturated rings. The Morgan fingerprint density at radius 1 is 1.08 bits per heavy atom. The summed E-state index contributed by atoms with van der Waals surface area (Å²) in [6.45, 7) is 4.21. The summed E-state index contributed by atoms with van der Waals surface area (Å²) in [6, 6.07) is 23.6. The fourth-order valence-electron chi connectivity index (χ4n) is 3.68. The van der Waals surface area contributed by atoms with Crippen molar-refractivity contribution in [3.05, 3.63) is 90.3 Å². The topological polar surface area (TPSA) is 112 Å². The molecule has 36 heavy (non-hydrogen) atoms. The molecule has 4 N–H and O–H groups in total. The molecular weight excluding hydrogens is 472 g/mol. The van der Waals surface area contributed by atoms with Crippen LogP contribution in [0.25, 0.3) is 5.52 Å². The molecule has 5 aromatic rings. The number of nitrogens with zero attached hydrogens (tertiary/aromatic N) is 4. The van der Waals surface area contributed by atoms with Crippen LogP contribution in [0.1, 0.15) is 24.2 Å². The van der Waals surface area contributed by atoms with Crippen LogP contribution >= 0.6 is 11.8 Å². The summed E-state index contributed by atoms with van der Waals surface area (Å²) < 4.78 is 1.79. The quantitative estimate of drug-likeness (QED) is 0.228. The average molecular weight is 499 g/mol. The number of carbonyl (C=O) groups excluding carboxylic acids is 1. The van der Waals surface area contributed by atoms with Gasteiger partial charge in [0.25, 0.3) is 0 Å². The van der Waals surface area contributed by atoms with Crippen LogP contribution in [0, 0.1) is 6.92 Å². The van der Waals surface area contributed by atoms with E-state index >= 15 is 0 Å². The van der Waals surface area contributed by atoms with Gasteiger partial charge in [0, 0.05) is 34.6 Å². The summed E-state index contributed by atoms with van der Waals surface area (Å²) in [4.78, 5) is 18.0. The minimum atomic E-state index is -0.0936. The highest BCUT2D eigenvalue weighted by molar-refractivity contribution is 7.99. The van der Waals surface area contributed by atoms with Gasteiger partial charge in [-0.05, 0) is 67.6 Å². The second kappa shape index (κ2) is 10.6. The maximum atomic E-state index is 12.4. The molecule has 0 unspecified atom stereocenters. The Morgan fingerprint density at radius 3 is 2.64 bits per heavy atom. The zero-order valence-electron chi connectivity index (χ0n) is 19.9. The van der Waals surface area contributed by atoms with Crippen molar-refractivity contribution in [1.82, 2.24) is 30.1 Å². The van der Waals surface area contributed by atoms with E-state index in [1.807, 2.05) is 92.8 Å². The van der Waals surface area contributed by atoms with Crippen LogP contribution in [0.4, 0.5) is 17.3 Å². The van der Waals surface area contributed by atoms with Crippen LogP contribution in [0.15, 0.2) is 89.0 Å². The molecule has 10 heteroatoms. The smallest absolute Gasteiger partial charge is 0.238 e. The summed E-state index contributed by atoms with van der Waals surface area (Å²) in [5.41, 5.74) is 3.69. The Morgan fingerprint density at radius 2 is 1.89 bits per heavy atom. The van der Waals surface area contributed by atoms with Crippen molar-refractivity contribution in [2.75, 3.05) is 17.2 Å². The van der Waals surface area contributed by atoms with Gasteiger partial charge >= 0.3 is 0 Å². The van der Waals surface area contributed by atoms with E-state index < -0.39 is 0 Å². The highest BCUT2D eigenvalue weighted by Crippen LogP contribution is 2.28. The van der Waals surface area contributed by atoms with Gasteiger partial charge in [0.05, 0.1) is 6.54 Å². The van der Waals surface area contributed by atoms with Crippen LogP contribution in [-0.4, -0.2) is 37.2 Å². The first kappa shape index (κ1) is 23.6. The number of amides is 1. The first-order valence-corrected chi connectivity index (χ1v) is 12.4. The van der Waals surface area contributed by atoms with E-state index in [-0.39, 0.29) is 18.5 Å². The molecule has 0 saturated heterocycles. The maximum Gasteiger partial charge on any atom is 0.238 e. The van der Waals surface area contributed by atoms with Gasteiger partial charge < -0.3 is 16.0 Å². The molecule has 0 aliphatic rings. The Bertz CT molecular complexity index is 1460. The average Bonchev–Trinajstić information content (AvgIpc) is 3.53. The zero-order valence-corrected chi connectivity index (χ0v) is 20.7. The molecule has 5 rings (SSSR count). The Labute approximate surface area is 212 Å². The molecule has 1 amide bonds. The summed E-state index contributed by atoms with van der Waals surface area (Å²) >= 11 is 1.44. The Kier molecular flexibility index (Phi) is 6.96. The minimum Gasteiger partial charge on any atom is -0.325 e.